The molecule has 1 aliphatic rings. The van der Waals surface area contributed by atoms with E-state index in [1.54, 1.807) is 22.5 Å². The van der Waals surface area contributed by atoms with Crippen LogP contribution in [0.15, 0.2) is 30.6 Å². The molecule has 1 aliphatic heterocycles. The van der Waals surface area contributed by atoms with Gasteiger partial charge in [-0.3, -0.25) is 9.59 Å². The quantitative estimate of drug-likeness (QED) is 0.910. The monoisotopic (exact) mass is 286 g/mol. The highest BCUT2D eigenvalue weighted by Crippen LogP contribution is 2.14. The number of carbonyl (C=O) groups excluding carboxylic acids is 2. The van der Waals surface area contributed by atoms with Crippen molar-refractivity contribution in [1.82, 2.24) is 19.8 Å². The zero-order chi connectivity index (χ0) is 14.8. The lowest BCUT2D eigenvalue weighted by Gasteiger charge is -2.23. The summed E-state index contributed by atoms with van der Waals surface area (Å²) in [5.41, 5.74) is 1.94. The molecule has 2 aromatic rings. The zero-order valence-electron chi connectivity index (χ0n) is 12.0. The molecular formula is C15H18N4O2. The number of hydrogen-bond acceptors (Lipinski definition) is 3. The van der Waals surface area contributed by atoms with Crippen LogP contribution in [-0.2, 0) is 16.1 Å². The Kier molecular flexibility index (Phi) is 3.60. The summed E-state index contributed by atoms with van der Waals surface area (Å²) in [4.78, 5) is 25.5. The first-order chi connectivity index (χ1) is 10.2. The highest BCUT2D eigenvalue weighted by atomic mass is 16.2. The van der Waals surface area contributed by atoms with E-state index in [1.165, 1.54) is 0 Å². The molecule has 0 radical (unpaired) electrons. The molecule has 110 valence electrons. The minimum absolute atomic E-state index is 0.0635. The molecule has 21 heavy (non-hydrogen) atoms. The highest BCUT2D eigenvalue weighted by molar-refractivity contribution is 5.88. The molecule has 1 atom stereocenters. The molecule has 6 nitrogen and oxygen atoms in total. The Hall–Kier alpha value is -2.37. The van der Waals surface area contributed by atoms with Crippen molar-refractivity contribution in [1.29, 1.82) is 0 Å². The molecule has 0 aromatic carbocycles. The Morgan fingerprint density at radius 3 is 3.10 bits per heavy atom. The Labute approximate surface area is 122 Å². The van der Waals surface area contributed by atoms with Crippen molar-refractivity contribution in [2.24, 2.45) is 0 Å². The normalized spacial score (nSPS) is 16.4. The number of amides is 2. The first-order valence-corrected chi connectivity index (χ1v) is 7.15. The van der Waals surface area contributed by atoms with E-state index in [2.05, 4.69) is 10.4 Å². The fraction of sp³-hybridized carbons (Fsp3) is 0.400. The van der Waals surface area contributed by atoms with E-state index in [-0.39, 0.29) is 11.8 Å². The summed E-state index contributed by atoms with van der Waals surface area (Å²) in [6, 6.07) is 5.39. The van der Waals surface area contributed by atoms with Gasteiger partial charge in [0.05, 0.1) is 11.7 Å². The van der Waals surface area contributed by atoms with Gasteiger partial charge in [-0.2, -0.15) is 5.10 Å². The second kappa shape index (κ2) is 5.55. The van der Waals surface area contributed by atoms with Crippen LogP contribution in [0.2, 0.25) is 0 Å². The van der Waals surface area contributed by atoms with Crippen LogP contribution in [0.25, 0.3) is 5.52 Å². The molecule has 1 N–H and O–H groups in total. The lowest BCUT2D eigenvalue weighted by Crippen LogP contribution is -2.45. The van der Waals surface area contributed by atoms with Gasteiger partial charge in [-0.1, -0.05) is 6.07 Å². The van der Waals surface area contributed by atoms with Crippen LogP contribution in [0.1, 0.15) is 25.3 Å². The maximum Gasteiger partial charge on any atom is 0.242 e. The lowest BCUT2D eigenvalue weighted by atomic mass is 10.2. The van der Waals surface area contributed by atoms with Gasteiger partial charge < -0.3 is 10.2 Å². The van der Waals surface area contributed by atoms with E-state index < -0.39 is 6.04 Å². The maximum absolute atomic E-state index is 12.2. The molecule has 0 aliphatic carbocycles. The number of hydrogen-bond donors (Lipinski definition) is 1. The molecule has 0 bridgehead atoms. The fourth-order valence-electron chi connectivity index (χ4n) is 2.67. The van der Waals surface area contributed by atoms with Crippen molar-refractivity contribution in [2.45, 2.75) is 32.4 Å². The van der Waals surface area contributed by atoms with Crippen LogP contribution in [0.5, 0.6) is 0 Å². The summed E-state index contributed by atoms with van der Waals surface area (Å²) in [7, 11) is 0. The largest absolute Gasteiger partial charge is 0.350 e. The second-order valence-electron chi connectivity index (χ2n) is 5.28. The third kappa shape index (κ3) is 2.61. The van der Waals surface area contributed by atoms with Crippen molar-refractivity contribution in [3.8, 4) is 0 Å². The van der Waals surface area contributed by atoms with E-state index >= 15 is 0 Å². The Morgan fingerprint density at radius 2 is 2.33 bits per heavy atom. The van der Waals surface area contributed by atoms with Gasteiger partial charge in [-0.15, -0.1) is 0 Å². The van der Waals surface area contributed by atoms with Crippen molar-refractivity contribution < 1.29 is 9.59 Å². The first kappa shape index (κ1) is 13.6. The summed E-state index contributed by atoms with van der Waals surface area (Å²) in [5.74, 6) is -0.0610. The number of nitrogens with one attached hydrogen (secondary N) is 1. The number of aromatic nitrogens is 2. The second-order valence-corrected chi connectivity index (χ2v) is 5.28. The topological polar surface area (TPSA) is 66.7 Å². The third-order valence-corrected chi connectivity index (χ3v) is 3.92. The van der Waals surface area contributed by atoms with Gasteiger partial charge in [0, 0.05) is 31.3 Å². The van der Waals surface area contributed by atoms with E-state index in [0.717, 1.165) is 17.5 Å². The van der Waals surface area contributed by atoms with Crippen molar-refractivity contribution in [3.63, 3.8) is 0 Å². The summed E-state index contributed by atoms with van der Waals surface area (Å²) in [5, 5.41) is 7.12. The van der Waals surface area contributed by atoms with Crippen molar-refractivity contribution in [3.05, 3.63) is 36.2 Å². The summed E-state index contributed by atoms with van der Waals surface area (Å²) < 4.78 is 1.77. The number of pyridine rings is 1. The van der Waals surface area contributed by atoms with Crippen LogP contribution >= 0.6 is 0 Å². The Morgan fingerprint density at radius 1 is 1.48 bits per heavy atom. The van der Waals surface area contributed by atoms with E-state index in [1.807, 2.05) is 24.4 Å². The van der Waals surface area contributed by atoms with Crippen LogP contribution in [0.4, 0.5) is 0 Å². The number of likely N-dealkylation sites (tertiary alicyclic amines) is 1. The van der Waals surface area contributed by atoms with Crippen molar-refractivity contribution in [2.75, 3.05) is 6.54 Å². The number of rotatable bonds is 4. The third-order valence-electron chi connectivity index (χ3n) is 3.92. The number of fused-ring (bicyclic) bond motifs is 1. The molecule has 0 spiro atoms. The number of nitrogens with zero attached hydrogens (tertiary/aromatic N) is 3. The minimum Gasteiger partial charge on any atom is -0.350 e. The molecule has 2 amide bonds. The smallest absolute Gasteiger partial charge is 0.242 e. The SMILES string of the molecule is CC(C(=O)NCc1cnn2ccccc12)N1CCCC1=O. The Bertz CT molecular complexity index is 679. The maximum atomic E-state index is 12.2. The molecular weight excluding hydrogens is 268 g/mol. The summed E-state index contributed by atoms with van der Waals surface area (Å²) in [6.45, 7) is 2.86. The average molecular weight is 286 g/mol. The average Bonchev–Trinajstić information content (AvgIpc) is 3.10. The molecule has 1 unspecified atom stereocenters. The van der Waals surface area contributed by atoms with Crippen LogP contribution in [0.3, 0.4) is 0 Å². The number of carbonyl (C=O) groups is 2. The van der Waals surface area contributed by atoms with Crippen LogP contribution in [0, 0.1) is 0 Å². The predicted molar refractivity (Wildman–Crippen MR) is 77.4 cm³/mol. The van der Waals surface area contributed by atoms with Crippen LogP contribution in [-0.4, -0.2) is 38.9 Å². The van der Waals surface area contributed by atoms with Gasteiger partial charge in [0.25, 0.3) is 0 Å². The molecule has 3 heterocycles. The summed E-state index contributed by atoms with van der Waals surface area (Å²) >= 11 is 0. The van der Waals surface area contributed by atoms with E-state index in [0.29, 0.717) is 19.5 Å². The van der Waals surface area contributed by atoms with Gasteiger partial charge in [0.2, 0.25) is 11.8 Å². The van der Waals surface area contributed by atoms with Gasteiger partial charge >= 0.3 is 0 Å². The summed E-state index contributed by atoms with van der Waals surface area (Å²) in [6.07, 6.45) is 5.00. The standard InChI is InChI=1S/C15H18N4O2/c1-11(18-7-4-6-14(18)20)15(21)16-9-12-10-17-19-8-3-2-5-13(12)19/h2-3,5,8,10-11H,4,6-7,9H2,1H3,(H,16,21). The fourth-order valence-corrected chi connectivity index (χ4v) is 2.67. The minimum atomic E-state index is -0.415. The van der Waals surface area contributed by atoms with Crippen molar-refractivity contribution >= 4 is 17.3 Å². The molecule has 6 heteroatoms. The van der Waals surface area contributed by atoms with Gasteiger partial charge in [0.15, 0.2) is 0 Å². The molecule has 3 rings (SSSR count). The van der Waals surface area contributed by atoms with E-state index in [9.17, 15) is 9.59 Å². The molecule has 2 aromatic heterocycles. The molecule has 0 saturated carbocycles. The van der Waals surface area contributed by atoms with Gasteiger partial charge in [-0.25, -0.2) is 4.52 Å². The lowest BCUT2D eigenvalue weighted by molar-refractivity contribution is -0.136. The van der Waals surface area contributed by atoms with Crippen LogP contribution < -0.4 is 5.32 Å². The predicted octanol–water partition coefficient (Wildman–Crippen LogP) is 0.961. The van der Waals surface area contributed by atoms with Gasteiger partial charge in [0.1, 0.15) is 6.04 Å². The zero-order valence-corrected chi connectivity index (χ0v) is 12.0. The molecule has 1 fully saturated rings. The first-order valence-electron chi connectivity index (χ1n) is 7.15. The molecule has 1 saturated heterocycles. The Balaban J connectivity index is 1.64. The highest BCUT2D eigenvalue weighted by Gasteiger charge is 2.29. The van der Waals surface area contributed by atoms with Gasteiger partial charge in [-0.05, 0) is 25.5 Å². The van der Waals surface area contributed by atoms with E-state index in [4.69, 9.17) is 0 Å².